The molecule has 1 aromatic carbocycles. The van der Waals surface area contributed by atoms with E-state index in [4.69, 9.17) is 15.2 Å². The van der Waals surface area contributed by atoms with E-state index in [9.17, 15) is 0 Å². The van der Waals surface area contributed by atoms with Crippen molar-refractivity contribution in [2.45, 2.75) is 0 Å². The molecule has 0 fully saturated rings. The fourth-order valence-corrected chi connectivity index (χ4v) is 2.17. The average molecular weight is 270 g/mol. The molecule has 0 aliphatic carbocycles. The summed E-state index contributed by atoms with van der Waals surface area (Å²) in [7, 11) is 3.22. The molecule has 0 unspecified atom stereocenters. The van der Waals surface area contributed by atoms with Gasteiger partial charge in [-0.1, -0.05) is 0 Å². The highest BCUT2D eigenvalue weighted by Gasteiger charge is 2.14. The van der Waals surface area contributed by atoms with Gasteiger partial charge in [0.25, 0.3) is 0 Å². The molecular weight excluding hydrogens is 256 g/mol. The molecule has 102 valence electrons. The predicted molar refractivity (Wildman–Crippen MR) is 76.4 cm³/mol. The van der Waals surface area contributed by atoms with Gasteiger partial charge in [0.05, 0.1) is 31.6 Å². The molecule has 0 spiro atoms. The van der Waals surface area contributed by atoms with Gasteiger partial charge in [-0.25, -0.2) is 4.98 Å². The second-order valence-electron chi connectivity index (χ2n) is 4.21. The van der Waals surface area contributed by atoms with Gasteiger partial charge in [0.1, 0.15) is 17.0 Å². The van der Waals surface area contributed by atoms with Crippen molar-refractivity contribution in [3.63, 3.8) is 0 Å². The number of ether oxygens (including phenoxy) is 2. The van der Waals surface area contributed by atoms with Gasteiger partial charge in [0, 0.05) is 12.3 Å². The number of pyridine rings is 1. The van der Waals surface area contributed by atoms with Crippen LogP contribution in [0.1, 0.15) is 0 Å². The summed E-state index contributed by atoms with van der Waals surface area (Å²) in [6, 6.07) is 7.41. The summed E-state index contributed by atoms with van der Waals surface area (Å²) in [4.78, 5) is 8.35. The lowest BCUT2D eigenvalue weighted by molar-refractivity contribution is 0.393. The Labute approximate surface area is 115 Å². The molecule has 0 saturated heterocycles. The van der Waals surface area contributed by atoms with Crippen LogP contribution in [-0.2, 0) is 0 Å². The number of nitrogen functional groups attached to an aromatic ring is 1. The number of nitrogens with two attached hydrogens (primary N) is 1. The van der Waals surface area contributed by atoms with E-state index in [0.29, 0.717) is 11.7 Å². The lowest BCUT2D eigenvalue weighted by Crippen LogP contribution is -2.03. The zero-order valence-electron chi connectivity index (χ0n) is 11.2. The van der Waals surface area contributed by atoms with E-state index in [2.05, 4.69) is 9.97 Å². The van der Waals surface area contributed by atoms with Crippen molar-refractivity contribution in [2.75, 3.05) is 20.0 Å². The maximum Gasteiger partial charge on any atom is 0.206 e. The Balaban J connectivity index is 2.28. The van der Waals surface area contributed by atoms with Gasteiger partial charge < -0.3 is 15.2 Å². The number of nitrogens with zero attached hydrogens (tertiary/aromatic N) is 3. The smallest absolute Gasteiger partial charge is 0.206 e. The Hall–Kier alpha value is -2.76. The van der Waals surface area contributed by atoms with Crippen LogP contribution in [0.25, 0.3) is 16.7 Å². The highest BCUT2D eigenvalue weighted by molar-refractivity contribution is 5.80. The molecule has 6 nitrogen and oxygen atoms in total. The van der Waals surface area contributed by atoms with Crippen LogP contribution in [-0.4, -0.2) is 28.8 Å². The normalized spacial score (nSPS) is 10.7. The van der Waals surface area contributed by atoms with Crippen molar-refractivity contribution >= 4 is 17.0 Å². The van der Waals surface area contributed by atoms with Crippen molar-refractivity contribution in [1.29, 1.82) is 0 Å². The molecule has 3 rings (SSSR count). The zero-order valence-corrected chi connectivity index (χ0v) is 11.2. The molecule has 0 saturated carbocycles. The Morgan fingerprint density at radius 2 is 2.00 bits per heavy atom. The third-order valence-electron chi connectivity index (χ3n) is 3.11. The maximum absolute atomic E-state index is 6.02. The minimum atomic E-state index is 0.386. The second kappa shape index (κ2) is 4.73. The number of hydrogen-bond donors (Lipinski definition) is 1. The first-order chi connectivity index (χ1) is 9.74. The second-order valence-corrected chi connectivity index (χ2v) is 4.21. The number of hydrogen-bond acceptors (Lipinski definition) is 5. The van der Waals surface area contributed by atoms with E-state index in [1.807, 2.05) is 28.8 Å². The SMILES string of the molecule is COc1ccc(-n2c(N)nc3cnccc32)c(OC)c1. The van der Waals surface area contributed by atoms with Gasteiger partial charge in [-0.2, -0.15) is 0 Å². The summed E-state index contributed by atoms with van der Waals surface area (Å²) in [5.74, 6) is 1.76. The number of imidazole rings is 1. The molecule has 0 aliphatic heterocycles. The third kappa shape index (κ3) is 1.82. The molecule has 0 bridgehead atoms. The summed E-state index contributed by atoms with van der Waals surface area (Å²) in [6.45, 7) is 0. The Bertz CT molecular complexity index is 767. The average Bonchev–Trinajstić information content (AvgIpc) is 2.82. The summed E-state index contributed by atoms with van der Waals surface area (Å²) in [6.07, 6.45) is 3.38. The van der Waals surface area contributed by atoms with Crippen molar-refractivity contribution in [3.05, 3.63) is 36.7 Å². The van der Waals surface area contributed by atoms with Crippen LogP contribution < -0.4 is 15.2 Å². The highest BCUT2D eigenvalue weighted by atomic mass is 16.5. The predicted octanol–water partition coefficient (Wildman–Crippen LogP) is 2.02. The summed E-state index contributed by atoms with van der Waals surface area (Å²) >= 11 is 0. The van der Waals surface area contributed by atoms with Gasteiger partial charge in [-0.3, -0.25) is 9.55 Å². The minimum Gasteiger partial charge on any atom is -0.497 e. The first-order valence-electron chi connectivity index (χ1n) is 6.05. The Morgan fingerprint density at radius 1 is 1.15 bits per heavy atom. The van der Waals surface area contributed by atoms with Gasteiger partial charge in [-0.05, 0) is 18.2 Å². The Morgan fingerprint density at radius 3 is 2.75 bits per heavy atom. The number of anilines is 1. The van der Waals surface area contributed by atoms with Crippen LogP contribution in [0.2, 0.25) is 0 Å². The van der Waals surface area contributed by atoms with E-state index in [-0.39, 0.29) is 0 Å². The van der Waals surface area contributed by atoms with Crippen molar-refractivity contribution in [2.24, 2.45) is 0 Å². The van der Waals surface area contributed by atoms with E-state index in [0.717, 1.165) is 22.5 Å². The number of benzene rings is 1. The molecule has 3 aromatic rings. The molecule has 6 heteroatoms. The summed E-state index contributed by atoms with van der Waals surface area (Å²) in [5.41, 5.74) is 8.44. The van der Waals surface area contributed by atoms with Crippen molar-refractivity contribution in [3.8, 4) is 17.2 Å². The zero-order chi connectivity index (χ0) is 14.1. The lowest BCUT2D eigenvalue weighted by atomic mass is 10.2. The quantitative estimate of drug-likeness (QED) is 0.788. The van der Waals surface area contributed by atoms with Crippen LogP contribution in [0.5, 0.6) is 11.5 Å². The van der Waals surface area contributed by atoms with Crippen LogP contribution in [0, 0.1) is 0 Å². The van der Waals surface area contributed by atoms with E-state index >= 15 is 0 Å². The fourth-order valence-electron chi connectivity index (χ4n) is 2.17. The molecule has 2 heterocycles. The number of aromatic nitrogens is 3. The molecular formula is C14H14N4O2. The largest absolute Gasteiger partial charge is 0.497 e. The van der Waals surface area contributed by atoms with E-state index in [1.165, 1.54) is 0 Å². The first-order valence-corrected chi connectivity index (χ1v) is 6.05. The van der Waals surface area contributed by atoms with E-state index in [1.54, 1.807) is 26.6 Å². The third-order valence-corrected chi connectivity index (χ3v) is 3.11. The van der Waals surface area contributed by atoms with Crippen LogP contribution in [0.3, 0.4) is 0 Å². The summed E-state index contributed by atoms with van der Waals surface area (Å²) < 4.78 is 12.4. The number of fused-ring (bicyclic) bond motifs is 1. The fraction of sp³-hybridized carbons (Fsp3) is 0.143. The molecule has 2 N–H and O–H groups in total. The van der Waals surface area contributed by atoms with Gasteiger partial charge in [-0.15, -0.1) is 0 Å². The highest BCUT2D eigenvalue weighted by Crippen LogP contribution is 2.32. The van der Waals surface area contributed by atoms with E-state index < -0.39 is 0 Å². The number of methoxy groups -OCH3 is 2. The standard InChI is InChI=1S/C14H14N4O2/c1-19-9-3-4-12(13(7-9)20-2)18-11-5-6-16-8-10(11)17-14(18)15/h3-8H,1-2H3,(H2,15,17). The molecule has 0 radical (unpaired) electrons. The molecule has 0 atom stereocenters. The Kier molecular flexibility index (Phi) is 2.90. The monoisotopic (exact) mass is 270 g/mol. The topological polar surface area (TPSA) is 75.2 Å². The molecule has 0 aliphatic rings. The minimum absolute atomic E-state index is 0.386. The first kappa shape index (κ1) is 12.3. The van der Waals surface area contributed by atoms with Gasteiger partial charge >= 0.3 is 0 Å². The maximum atomic E-state index is 6.02. The van der Waals surface area contributed by atoms with Crippen molar-refractivity contribution < 1.29 is 9.47 Å². The summed E-state index contributed by atoms with van der Waals surface area (Å²) in [5, 5.41) is 0. The molecule has 2 aromatic heterocycles. The van der Waals surface area contributed by atoms with Gasteiger partial charge in [0.15, 0.2) is 0 Å². The van der Waals surface area contributed by atoms with Crippen LogP contribution in [0.15, 0.2) is 36.7 Å². The van der Waals surface area contributed by atoms with Gasteiger partial charge in [0.2, 0.25) is 5.95 Å². The van der Waals surface area contributed by atoms with Crippen molar-refractivity contribution in [1.82, 2.24) is 14.5 Å². The molecule has 20 heavy (non-hydrogen) atoms. The lowest BCUT2D eigenvalue weighted by Gasteiger charge is -2.12. The molecule has 0 amide bonds. The number of rotatable bonds is 3. The van der Waals surface area contributed by atoms with Crippen LogP contribution in [0.4, 0.5) is 5.95 Å². The van der Waals surface area contributed by atoms with Crippen LogP contribution >= 0.6 is 0 Å².